The van der Waals surface area contributed by atoms with Gasteiger partial charge in [0.15, 0.2) is 0 Å². The summed E-state index contributed by atoms with van der Waals surface area (Å²) in [5.41, 5.74) is 0. The maximum absolute atomic E-state index is 9.24. The first-order valence-corrected chi connectivity index (χ1v) is 6.08. The summed E-state index contributed by atoms with van der Waals surface area (Å²) in [4.78, 5) is 27.7. The molecule has 0 unspecified atom stereocenters. The summed E-state index contributed by atoms with van der Waals surface area (Å²) in [7, 11) is -4.20. The Morgan fingerprint density at radius 3 is 2.14 bits per heavy atom. The lowest BCUT2D eigenvalue weighted by Gasteiger charge is -2.12. The molecule has 0 bridgehead atoms. The highest BCUT2D eigenvalue weighted by molar-refractivity contribution is 6.74. The van der Waals surface area contributed by atoms with Crippen molar-refractivity contribution in [1.82, 2.24) is 0 Å². The van der Waals surface area contributed by atoms with Gasteiger partial charge in [-0.05, 0) is 10.8 Å². The standard InChI is InChI=1S/C10H10O3Si/c11-14(12,13)10-7-3-5-8-4-1-2-6-9(8)10/h1-7,11-13H. The van der Waals surface area contributed by atoms with Crippen LogP contribution in [0.1, 0.15) is 0 Å². The van der Waals surface area contributed by atoms with E-state index in [0.717, 1.165) is 5.39 Å². The van der Waals surface area contributed by atoms with E-state index in [1.54, 1.807) is 18.2 Å². The van der Waals surface area contributed by atoms with E-state index < -0.39 is 8.80 Å². The molecule has 2 rings (SSSR count). The average molecular weight is 206 g/mol. The zero-order valence-corrected chi connectivity index (χ0v) is 8.38. The fraction of sp³-hybridized carbons (Fsp3) is 0. The molecule has 0 spiro atoms. The third kappa shape index (κ3) is 1.56. The summed E-state index contributed by atoms with van der Waals surface area (Å²) in [6.45, 7) is 0. The predicted molar refractivity (Wildman–Crippen MR) is 56.0 cm³/mol. The third-order valence-corrected chi connectivity index (χ3v) is 3.31. The highest BCUT2D eigenvalue weighted by Crippen LogP contribution is 2.12. The van der Waals surface area contributed by atoms with Crippen LogP contribution in [0.4, 0.5) is 0 Å². The van der Waals surface area contributed by atoms with Crippen LogP contribution in [-0.4, -0.2) is 23.2 Å². The zero-order valence-electron chi connectivity index (χ0n) is 7.38. The molecule has 0 aliphatic rings. The molecule has 0 aliphatic carbocycles. The maximum Gasteiger partial charge on any atom is 0.529 e. The molecule has 0 amide bonds. The van der Waals surface area contributed by atoms with Gasteiger partial charge in [0.2, 0.25) is 0 Å². The number of rotatable bonds is 1. The average Bonchev–Trinajstić information content (AvgIpc) is 2.15. The van der Waals surface area contributed by atoms with Crippen molar-refractivity contribution in [3.05, 3.63) is 42.5 Å². The minimum atomic E-state index is -4.20. The Kier molecular flexibility index (Phi) is 2.12. The van der Waals surface area contributed by atoms with Crippen molar-refractivity contribution in [1.29, 1.82) is 0 Å². The molecular formula is C10H10O3Si. The van der Waals surface area contributed by atoms with Crippen molar-refractivity contribution in [2.24, 2.45) is 0 Å². The highest BCUT2D eigenvalue weighted by Gasteiger charge is 2.31. The van der Waals surface area contributed by atoms with Crippen molar-refractivity contribution in [2.45, 2.75) is 0 Å². The summed E-state index contributed by atoms with van der Waals surface area (Å²) in [5.74, 6) is 0. The molecule has 3 nitrogen and oxygen atoms in total. The fourth-order valence-corrected chi connectivity index (χ4v) is 2.43. The highest BCUT2D eigenvalue weighted by atomic mass is 28.4. The van der Waals surface area contributed by atoms with E-state index in [-0.39, 0.29) is 5.19 Å². The van der Waals surface area contributed by atoms with Gasteiger partial charge >= 0.3 is 8.80 Å². The first-order chi connectivity index (χ1) is 6.59. The molecule has 0 saturated heterocycles. The van der Waals surface area contributed by atoms with Gasteiger partial charge in [0.05, 0.1) is 0 Å². The Morgan fingerprint density at radius 2 is 1.43 bits per heavy atom. The SMILES string of the molecule is O[Si](O)(O)c1cccc2ccccc12. The minimum Gasteiger partial charge on any atom is -0.386 e. The first kappa shape index (κ1) is 9.36. The largest absolute Gasteiger partial charge is 0.529 e. The first-order valence-electron chi connectivity index (χ1n) is 4.24. The summed E-state index contributed by atoms with van der Waals surface area (Å²) in [5, 5.41) is 1.81. The summed E-state index contributed by atoms with van der Waals surface area (Å²) in [6.07, 6.45) is 0. The van der Waals surface area contributed by atoms with Crippen LogP contribution >= 0.6 is 0 Å². The van der Waals surface area contributed by atoms with Crippen LogP contribution in [0.25, 0.3) is 10.8 Å². The Hall–Kier alpha value is -1.20. The molecule has 0 fully saturated rings. The van der Waals surface area contributed by atoms with Crippen LogP contribution in [0.5, 0.6) is 0 Å². The molecule has 0 saturated carbocycles. The Balaban J connectivity index is 2.78. The van der Waals surface area contributed by atoms with Gasteiger partial charge in [0, 0.05) is 5.19 Å². The van der Waals surface area contributed by atoms with Crippen molar-refractivity contribution in [3.63, 3.8) is 0 Å². The van der Waals surface area contributed by atoms with Gasteiger partial charge in [-0.15, -0.1) is 0 Å². The van der Waals surface area contributed by atoms with Gasteiger partial charge in [-0.2, -0.15) is 0 Å². The number of benzene rings is 2. The summed E-state index contributed by atoms with van der Waals surface area (Å²) >= 11 is 0. The second kappa shape index (κ2) is 3.18. The lowest BCUT2D eigenvalue weighted by molar-refractivity contribution is 0.250. The summed E-state index contributed by atoms with van der Waals surface area (Å²) < 4.78 is 0. The molecule has 0 atom stereocenters. The van der Waals surface area contributed by atoms with Gasteiger partial charge in [-0.3, -0.25) is 0 Å². The molecule has 0 aliphatic heterocycles. The minimum absolute atomic E-state index is 0.232. The molecule has 72 valence electrons. The molecular weight excluding hydrogens is 196 g/mol. The van der Waals surface area contributed by atoms with E-state index in [4.69, 9.17) is 0 Å². The lowest BCUT2D eigenvalue weighted by atomic mass is 10.1. The van der Waals surface area contributed by atoms with Gasteiger partial charge in [-0.25, -0.2) is 0 Å². The topological polar surface area (TPSA) is 60.7 Å². The quantitative estimate of drug-likeness (QED) is 0.574. The van der Waals surface area contributed by atoms with E-state index in [1.165, 1.54) is 6.07 Å². The van der Waals surface area contributed by atoms with Crippen molar-refractivity contribution < 1.29 is 14.4 Å². The van der Waals surface area contributed by atoms with E-state index in [1.807, 2.05) is 18.2 Å². The monoisotopic (exact) mass is 206 g/mol. The van der Waals surface area contributed by atoms with Crippen molar-refractivity contribution in [3.8, 4) is 0 Å². The smallest absolute Gasteiger partial charge is 0.386 e. The van der Waals surface area contributed by atoms with Crippen molar-refractivity contribution >= 4 is 24.8 Å². The lowest BCUT2D eigenvalue weighted by Crippen LogP contribution is -2.49. The Bertz CT molecular complexity index is 457. The van der Waals surface area contributed by atoms with E-state index in [9.17, 15) is 14.4 Å². The van der Waals surface area contributed by atoms with Gasteiger partial charge < -0.3 is 14.4 Å². The third-order valence-electron chi connectivity index (χ3n) is 2.15. The molecule has 4 heteroatoms. The maximum atomic E-state index is 9.24. The van der Waals surface area contributed by atoms with Crippen LogP contribution in [0.15, 0.2) is 42.5 Å². The van der Waals surface area contributed by atoms with Crippen LogP contribution < -0.4 is 5.19 Å². The number of hydrogen-bond acceptors (Lipinski definition) is 3. The molecule has 14 heavy (non-hydrogen) atoms. The van der Waals surface area contributed by atoms with Crippen molar-refractivity contribution in [2.75, 3.05) is 0 Å². The number of fused-ring (bicyclic) bond motifs is 1. The van der Waals surface area contributed by atoms with Crippen LogP contribution in [-0.2, 0) is 0 Å². The molecule has 2 aromatic rings. The molecule has 3 N–H and O–H groups in total. The summed E-state index contributed by atoms with van der Waals surface area (Å²) in [6, 6.07) is 12.4. The van der Waals surface area contributed by atoms with Gasteiger partial charge in [0.25, 0.3) is 0 Å². The molecule has 2 aromatic carbocycles. The second-order valence-corrected chi connectivity index (χ2v) is 4.97. The van der Waals surface area contributed by atoms with Crippen LogP contribution in [0.2, 0.25) is 0 Å². The van der Waals surface area contributed by atoms with E-state index >= 15 is 0 Å². The Morgan fingerprint density at radius 1 is 0.786 bits per heavy atom. The fourth-order valence-electron chi connectivity index (χ4n) is 1.52. The van der Waals surface area contributed by atoms with Crippen LogP contribution in [0, 0.1) is 0 Å². The van der Waals surface area contributed by atoms with E-state index in [0.29, 0.717) is 5.39 Å². The second-order valence-electron chi connectivity index (χ2n) is 3.16. The van der Waals surface area contributed by atoms with Gasteiger partial charge in [0.1, 0.15) is 0 Å². The predicted octanol–water partition coefficient (Wildman–Crippen LogP) is -0.0374. The van der Waals surface area contributed by atoms with E-state index in [2.05, 4.69) is 0 Å². The molecule has 0 heterocycles. The van der Waals surface area contributed by atoms with Gasteiger partial charge in [-0.1, -0.05) is 42.5 Å². The molecule has 0 aromatic heterocycles. The number of hydrogen-bond donors (Lipinski definition) is 3. The normalized spacial score (nSPS) is 11.9. The van der Waals surface area contributed by atoms with Crippen LogP contribution in [0.3, 0.4) is 0 Å². The zero-order chi connectivity index (χ0) is 10.2. The molecule has 0 radical (unpaired) electrons. The Labute approximate surface area is 82.2 Å².